The van der Waals surface area contributed by atoms with Crippen LogP contribution in [0.4, 0.5) is 51.2 Å². The predicted molar refractivity (Wildman–Crippen MR) is 293 cm³/mol. The van der Waals surface area contributed by atoms with Gasteiger partial charge in [0.05, 0.1) is 28.8 Å². The highest BCUT2D eigenvalue weighted by Gasteiger charge is 2.29. The lowest BCUT2D eigenvalue weighted by Gasteiger charge is -2.14. The molecule has 8 aromatic carbocycles. The Hall–Kier alpha value is -8.34. The minimum atomic E-state index is -5.44. The SMILES string of the molecule is COc1ccc(N=Nc2c(S(=O)(=O)O)cc3cc(S(=O)(=O)O)c(N=Nc4c(S)cc5cc(S(=O)(=O)O)c(N=Nc6ccc7cc(S(=O)(=O)O)c(N=Nc8cc(S(=O)(=O)O)ccc8S(=O)(=O)O)c(O)c7c6)c(N)c5c4O)cc3c2O)c(S(=O)(=O)O)c1. The van der Waals surface area contributed by atoms with E-state index in [1.165, 1.54) is 0 Å². The van der Waals surface area contributed by atoms with Crippen LogP contribution in [0.3, 0.4) is 0 Å². The van der Waals surface area contributed by atoms with E-state index in [0.29, 0.717) is 48.5 Å². The number of nitrogens with two attached hydrogens (primary N) is 1. The number of thiol groups is 1. The van der Waals surface area contributed by atoms with E-state index in [-0.39, 0.29) is 22.2 Å². The van der Waals surface area contributed by atoms with E-state index in [0.717, 1.165) is 49.6 Å². The summed E-state index contributed by atoms with van der Waals surface area (Å²) in [6.45, 7) is 0. The van der Waals surface area contributed by atoms with Crippen molar-refractivity contribution in [1.82, 2.24) is 0 Å². The molecule has 12 N–H and O–H groups in total. The molecule has 85 heavy (non-hydrogen) atoms. The maximum Gasteiger partial charge on any atom is 0.296 e. The van der Waals surface area contributed by atoms with Gasteiger partial charge in [-0.25, -0.2) is 0 Å². The zero-order chi connectivity index (χ0) is 63.1. The molecule has 8 rings (SSSR count). The number of hydrogen-bond acceptors (Lipinski definition) is 28. The summed E-state index contributed by atoms with van der Waals surface area (Å²) in [4.78, 5) is -8.14. The van der Waals surface area contributed by atoms with Gasteiger partial charge in [-0.3, -0.25) is 31.9 Å². The van der Waals surface area contributed by atoms with Crippen molar-refractivity contribution in [3.8, 4) is 23.0 Å². The van der Waals surface area contributed by atoms with Crippen molar-refractivity contribution in [3.05, 3.63) is 91.0 Å². The number of methoxy groups -OCH3 is 1. The molecule has 0 heterocycles. The smallest absolute Gasteiger partial charge is 0.296 e. The molecule has 0 atom stereocenters. The van der Waals surface area contributed by atoms with Crippen molar-refractivity contribution in [3.63, 3.8) is 0 Å². The average molecular weight is 1330 g/mol. The van der Waals surface area contributed by atoms with Crippen LogP contribution in [0.2, 0.25) is 0 Å². The van der Waals surface area contributed by atoms with Crippen LogP contribution in [0.15, 0.2) is 171 Å². The number of azo groups is 4. The van der Waals surface area contributed by atoms with Gasteiger partial charge in [-0.1, -0.05) is 6.07 Å². The summed E-state index contributed by atoms with van der Waals surface area (Å²) in [6.07, 6.45) is 0. The molecule has 0 aliphatic carbocycles. The van der Waals surface area contributed by atoms with Gasteiger partial charge in [-0.15, -0.1) is 48.4 Å². The first-order chi connectivity index (χ1) is 39.1. The van der Waals surface area contributed by atoms with E-state index in [9.17, 15) is 106 Å². The van der Waals surface area contributed by atoms with Crippen LogP contribution in [0.25, 0.3) is 32.3 Å². The van der Waals surface area contributed by atoms with Crippen LogP contribution in [0.5, 0.6) is 23.0 Å². The first-order valence-corrected chi connectivity index (χ1v) is 32.4. The second kappa shape index (κ2) is 21.9. The second-order valence-corrected chi connectivity index (χ2v) is 27.3. The van der Waals surface area contributed by atoms with Crippen molar-refractivity contribution >= 4 is 167 Å². The van der Waals surface area contributed by atoms with E-state index in [4.69, 9.17) is 10.5 Å². The number of phenolic OH excluding ortho intramolecular Hbond substituents is 3. The fraction of sp³-hybridized carbons (Fsp3) is 0.0233. The number of nitrogen functional groups attached to an aromatic ring is 1. The summed E-state index contributed by atoms with van der Waals surface area (Å²) >= 11 is 4.25. The first kappa shape index (κ1) is 62.7. The minimum absolute atomic E-state index is 0.102. The van der Waals surface area contributed by atoms with Gasteiger partial charge in [-0.2, -0.15) is 64.0 Å². The van der Waals surface area contributed by atoms with Crippen molar-refractivity contribution in [2.75, 3.05) is 12.8 Å². The highest BCUT2D eigenvalue weighted by molar-refractivity contribution is 7.87. The third kappa shape index (κ3) is 12.9. The van der Waals surface area contributed by atoms with Gasteiger partial charge < -0.3 is 25.8 Å². The van der Waals surface area contributed by atoms with Crippen LogP contribution in [0, 0.1) is 0 Å². The Morgan fingerprint density at radius 2 is 0.835 bits per heavy atom. The van der Waals surface area contributed by atoms with Gasteiger partial charge in [0.2, 0.25) is 0 Å². The summed E-state index contributed by atoms with van der Waals surface area (Å²) < 4.78 is 248. The molecule has 0 saturated carbocycles. The zero-order valence-electron chi connectivity index (χ0n) is 41.2. The normalized spacial score (nSPS) is 13.4. The van der Waals surface area contributed by atoms with Crippen LogP contribution >= 0.6 is 12.6 Å². The fourth-order valence-corrected chi connectivity index (χ4v) is 12.5. The van der Waals surface area contributed by atoms with E-state index < -0.39 is 194 Å². The summed E-state index contributed by atoms with van der Waals surface area (Å²) in [6, 6.07) is 11.5. The molecule has 0 amide bonds. The Morgan fingerprint density at radius 1 is 0.388 bits per heavy atom. The number of phenols is 3. The number of anilines is 1. The molecule has 8 aromatic rings. The fourth-order valence-electron chi connectivity index (χ4n) is 7.83. The predicted octanol–water partition coefficient (Wildman–Crippen LogP) is 8.53. The van der Waals surface area contributed by atoms with Crippen LogP contribution in [-0.4, -0.2) is 113 Å². The number of hydrogen-bond donors (Lipinski definition) is 12. The van der Waals surface area contributed by atoms with Crippen LogP contribution < -0.4 is 10.5 Å². The largest absolute Gasteiger partial charge is 0.505 e. The molecule has 34 nitrogen and oxygen atoms in total. The second-order valence-electron chi connectivity index (χ2n) is 17.0. The number of fused-ring (bicyclic) bond motifs is 3. The molecule has 0 aliphatic heterocycles. The topological polar surface area (TPSA) is 575 Å². The summed E-state index contributed by atoms with van der Waals surface area (Å²) in [5, 5.41) is 61.3. The summed E-state index contributed by atoms with van der Waals surface area (Å²) in [5.74, 6) is -3.53. The quantitative estimate of drug-likeness (QED) is 0.0186. The van der Waals surface area contributed by atoms with Crippen LogP contribution in [-0.2, 0) is 70.8 Å². The Bertz CT molecular complexity index is 5260. The first-order valence-electron chi connectivity index (χ1n) is 21.9. The lowest BCUT2D eigenvalue weighted by atomic mass is 10.0. The zero-order valence-corrected chi connectivity index (χ0v) is 47.8. The molecule has 0 fully saturated rings. The van der Waals surface area contributed by atoms with Gasteiger partial charge in [0.25, 0.3) is 70.8 Å². The standard InChI is InChI=1S/C43H31N9O25S8/c1-77-21-4-6-25(31(14-21)82(65,66)67)46-51-40-34(85(74,75)76)11-18-10-30(81(62,63)64)27(16-24(18)42(40)54)48-49-37-28(78)8-19-12-32(83(68,69)70)38(36(44)35(19)43(37)55)50-45-20-3-2-17-9-33(84(71,72)73)39(41(53)23(17)13-20)52-47-26-15-22(79(56,57)58)5-7-29(26)80(59,60)61/h2-16,53-55,78H,44H2,1H3,(H,56,57,58)(H,59,60,61)(H,62,63,64)(H,65,66,67)(H,68,69,70)(H,71,72,73)(H,74,75,76). The van der Waals surface area contributed by atoms with Crippen LogP contribution in [0.1, 0.15) is 0 Å². The number of aromatic hydroxyl groups is 3. The average Bonchev–Trinajstić information content (AvgIpc) is 0.950. The number of ether oxygens (including phenoxy) is 1. The number of rotatable bonds is 16. The Labute approximate surface area is 481 Å². The highest BCUT2D eigenvalue weighted by atomic mass is 32.2. The molecule has 42 heteroatoms. The summed E-state index contributed by atoms with van der Waals surface area (Å²) in [7, 11) is -35.8. The van der Waals surface area contributed by atoms with E-state index in [2.05, 4.69) is 53.5 Å². The number of benzene rings is 8. The molecule has 0 saturated heterocycles. The maximum absolute atomic E-state index is 12.8. The molecular weight excluding hydrogens is 1300 g/mol. The van der Waals surface area contributed by atoms with Crippen molar-refractivity contribution in [2.24, 2.45) is 40.9 Å². The molecule has 0 radical (unpaired) electrons. The van der Waals surface area contributed by atoms with Crippen molar-refractivity contribution < 1.29 is 111 Å². The van der Waals surface area contributed by atoms with Crippen molar-refractivity contribution in [1.29, 1.82) is 0 Å². The highest BCUT2D eigenvalue weighted by Crippen LogP contribution is 2.50. The van der Waals surface area contributed by atoms with Crippen molar-refractivity contribution in [2.45, 2.75) is 39.2 Å². The lowest BCUT2D eigenvalue weighted by Crippen LogP contribution is -2.02. The van der Waals surface area contributed by atoms with Gasteiger partial charge in [0, 0.05) is 21.7 Å². The molecular formula is C43H31N9O25S8. The van der Waals surface area contributed by atoms with E-state index in [1.807, 2.05) is 0 Å². The molecule has 0 aromatic heterocycles. The third-order valence-corrected chi connectivity index (χ3v) is 18.1. The number of nitrogens with zero attached hydrogens (tertiary/aromatic N) is 8. The Balaban J connectivity index is 1.25. The molecule has 446 valence electrons. The van der Waals surface area contributed by atoms with E-state index in [1.54, 1.807) is 0 Å². The Morgan fingerprint density at radius 3 is 1.36 bits per heavy atom. The molecule has 0 unspecified atom stereocenters. The molecule has 0 bridgehead atoms. The van der Waals surface area contributed by atoms with Gasteiger partial charge >= 0.3 is 0 Å². The Kier molecular flexibility index (Phi) is 16.2. The van der Waals surface area contributed by atoms with Gasteiger partial charge in [0.15, 0.2) is 17.2 Å². The maximum atomic E-state index is 12.8. The molecule has 0 spiro atoms. The third-order valence-electron chi connectivity index (χ3n) is 11.6. The lowest BCUT2D eigenvalue weighted by molar-refractivity contribution is 0.412. The summed E-state index contributed by atoms with van der Waals surface area (Å²) in [5.41, 5.74) is -1.34. The molecule has 0 aliphatic rings. The van der Waals surface area contributed by atoms with E-state index >= 15 is 0 Å². The van der Waals surface area contributed by atoms with Gasteiger partial charge in [-0.05, 0) is 95.0 Å². The monoisotopic (exact) mass is 1330 g/mol. The minimum Gasteiger partial charge on any atom is -0.505 e. The van der Waals surface area contributed by atoms with Gasteiger partial charge in [0.1, 0.15) is 74.9 Å².